The van der Waals surface area contributed by atoms with Crippen molar-refractivity contribution in [3.8, 4) is 6.07 Å². The van der Waals surface area contributed by atoms with Gasteiger partial charge in [0.15, 0.2) is 0 Å². The lowest BCUT2D eigenvalue weighted by Gasteiger charge is -2.50. The first-order chi connectivity index (χ1) is 8.28. The second-order valence-corrected chi connectivity index (χ2v) is 5.65. The average molecular weight is 253 g/mol. The smallest absolute Gasteiger partial charge is 0.410 e. The largest absolute Gasteiger partial charge is 0.444 e. The molecule has 0 saturated carbocycles. The molecular weight excluding hydrogens is 230 g/mol. The van der Waals surface area contributed by atoms with Gasteiger partial charge in [0.25, 0.3) is 0 Å². The molecule has 0 aliphatic carbocycles. The second kappa shape index (κ2) is 5.15. The van der Waals surface area contributed by atoms with Gasteiger partial charge >= 0.3 is 6.09 Å². The third-order valence-electron chi connectivity index (χ3n) is 3.13. The third-order valence-corrected chi connectivity index (χ3v) is 3.13. The Morgan fingerprint density at radius 2 is 1.89 bits per heavy atom. The second-order valence-electron chi connectivity index (χ2n) is 5.65. The van der Waals surface area contributed by atoms with Crippen LogP contribution in [0.3, 0.4) is 0 Å². The highest BCUT2D eigenvalue weighted by molar-refractivity contribution is 5.70. The zero-order valence-corrected chi connectivity index (χ0v) is 12.0. The standard InChI is InChI=1S/C13H23N3O2/c1-6-16(7-2)13(8-14)9-15(10-13)11(17)18-12(3,4)5/h6-7,9-10H2,1-5H3. The molecule has 0 aromatic rings. The summed E-state index contributed by atoms with van der Waals surface area (Å²) in [5.41, 5.74) is -1.02. The van der Waals surface area contributed by atoms with Crippen molar-refractivity contribution < 1.29 is 9.53 Å². The molecule has 1 saturated heterocycles. The molecule has 5 heteroatoms. The van der Waals surface area contributed by atoms with Gasteiger partial charge in [-0.2, -0.15) is 5.26 Å². The maximum Gasteiger partial charge on any atom is 0.410 e. The SMILES string of the molecule is CCN(CC)C1(C#N)CN(C(=O)OC(C)(C)C)C1. The molecule has 0 radical (unpaired) electrons. The van der Waals surface area contributed by atoms with Crippen LogP contribution in [0.1, 0.15) is 34.6 Å². The minimum Gasteiger partial charge on any atom is -0.444 e. The van der Waals surface area contributed by atoms with E-state index in [9.17, 15) is 10.1 Å². The fourth-order valence-electron chi connectivity index (χ4n) is 2.21. The minimum absolute atomic E-state index is 0.333. The van der Waals surface area contributed by atoms with Gasteiger partial charge in [0, 0.05) is 0 Å². The van der Waals surface area contributed by atoms with Gasteiger partial charge in [-0.3, -0.25) is 4.90 Å². The fourth-order valence-corrected chi connectivity index (χ4v) is 2.21. The van der Waals surface area contributed by atoms with Gasteiger partial charge in [-0.1, -0.05) is 13.8 Å². The zero-order chi connectivity index (χ0) is 14.0. The van der Waals surface area contributed by atoms with E-state index in [2.05, 4.69) is 11.0 Å². The first kappa shape index (κ1) is 14.8. The summed E-state index contributed by atoms with van der Waals surface area (Å²) in [7, 11) is 0. The quantitative estimate of drug-likeness (QED) is 0.770. The van der Waals surface area contributed by atoms with E-state index in [1.54, 1.807) is 4.90 Å². The van der Waals surface area contributed by atoms with Gasteiger partial charge in [0.05, 0.1) is 19.2 Å². The molecule has 0 spiro atoms. The number of nitriles is 1. The molecule has 0 N–H and O–H groups in total. The Kier molecular flexibility index (Phi) is 4.23. The van der Waals surface area contributed by atoms with E-state index in [4.69, 9.17) is 4.74 Å². The summed E-state index contributed by atoms with van der Waals surface area (Å²) in [5.74, 6) is 0. The predicted octanol–water partition coefficient (Wildman–Crippen LogP) is 1.84. The normalized spacial score (nSPS) is 18.2. The molecule has 1 fully saturated rings. The van der Waals surface area contributed by atoms with Crippen molar-refractivity contribution >= 4 is 6.09 Å². The van der Waals surface area contributed by atoms with Crippen LogP contribution in [0.4, 0.5) is 4.79 Å². The lowest BCUT2D eigenvalue weighted by molar-refractivity contribution is -0.0369. The number of amides is 1. The number of carbonyl (C=O) groups excluding carboxylic acids is 1. The molecule has 1 rings (SSSR count). The van der Waals surface area contributed by atoms with Crippen LogP contribution in [0, 0.1) is 11.3 Å². The van der Waals surface area contributed by atoms with Crippen LogP contribution in [0.15, 0.2) is 0 Å². The van der Waals surface area contributed by atoms with Gasteiger partial charge in [-0.25, -0.2) is 4.79 Å². The molecule has 0 unspecified atom stereocenters. The lowest BCUT2D eigenvalue weighted by Crippen LogP contribution is -2.70. The van der Waals surface area contributed by atoms with Gasteiger partial charge in [0.2, 0.25) is 0 Å². The van der Waals surface area contributed by atoms with E-state index in [0.717, 1.165) is 13.1 Å². The molecule has 102 valence electrons. The van der Waals surface area contributed by atoms with E-state index >= 15 is 0 Å². The highest BCUT2D eigenvalue weighted by atomic mass is 16.6. The van der Waals surface area contributed by atoms with Crippen molar-refractivity contribution in [2.45, 2.75) is 45.8 Å². The Bertz CT molecular complexity index is 344. The summed E-state index contributed by atoms with van der Waals surface area (Å²) < 4.78 is 5.29. The maximum atomic E-state index is 11.8. The summed E-state index contributed by atoms with van der Waals surface area (Å²) in [4.78, 5) is 15.5. The van der Waals surface area contributed by atoms with Crippen molar-refractivity contribution in [3.63, 3.8) is 0 Å². The van der Waals surface area contributed by atoms with Crippen LogP contribution in [0.5, 0.6) is 0 Å². The highest BCUT2D eigenvalue weighted by Crippen LogP contribution is 2.28. The molecule has 0 atom stereocenters. The summed E-state index contributed by atoms with van der Waals surface area (Å²) in [6, 6.07) is 2.34. The molecule has 0 aromatic heterocycles. The molecular formula is C13H23N3O2. The van der Waals surface area contributed by atoms with Crippen LogP contribution >= 0.6 is 0 Å². The summed E-state index contributed by atoms with van der Waals surface area (Å²) in [6.45, 7) is 12.1. The van der Waals surface area contributed by atoms with Crippen molar-refractivity contribution in [2.24, 2.45) is 0 Å². The molecule has 1 aliphatic rings. The van der Waals surface area contributed by atoms with Crippen LogP contribution in [0.25, 0.3) is 0 Å². The Hall–Kier alpha value is -1.28. The first-order valence-corrected chi connectivity index (χ1v) is 6.42. The Morgan fingerprint density at radius 3 is 2.22 bits per heavy atom. The lowest BCUT2D eigenvalue weighted by atomic mass is 9.89. The van der Waals surface area contributed by atoms with Gasteiger partial charge in [0.1, 0.15) is 11.1 Å². The first-order valence-electron chi connectivity index (χ1n) is 6.42. The Balaban J connectivity index is 2.61. The van der Waals surface area contributed by atoms with Crippen LogP contribution in [0.2, 0.25) is 0 Å². The van der Waals surface area contributed by atoms with Crippen molar-refractivity contribution in [3.05, 3.63) is 0 Å². The number of likely N-dealkylation sites (tertiary alicyclic amines) is 1. The summed E-state index contributed by atoms with van der Waals surface area (Å²) >= 11 is 0. The highest BCUT2D eigenvalue weighted by Gasteiger charge is 2.50. The number of rotatable bonds is 3. The molecule has 1 amide bonds. The number of ether oxygens (including phenoxy) is 1. The predicted molar refractivity (Wildman–Crippen MR) is 69.1 cm³/mol. The topological polar surface area (TPSA) is 56.6 Å². The molecule has 0 bridgehead atoms. The summed E-state index contributed by atoms with van der Waals surface area (Å²) in [6.07, 6.45) is -0.333. The molecule has 5 nitrogen and oxygen atoms in total. The molecule has 1 heterocycles. The van der Waals surface area contributed by atoms with Gasteiger partial charge < -0.3 is 9.64 Å². The third kappa shape index (κ3) is 2.94. The van der Waals surface area contributed by atoms with E-state index in [1.165, 1.54) is 0 Å². The molecule has 1 aliphatic heterocycles. The van der Waals surface area contributed by atoms with E-state index < -0.39 is 11.1 Å². The van der Waals surface area contributed by atoms with E-state index in [-0.39, 0.29) is 6.09 Å². The van der Waals surface area contributed by atoms with Gasteiger partial charge in [-0.05, 0) is 33.9 Å². The van der Waals surface area contributed by atoms with Crippen molar-refractivity contribution in [1.29, 1.82) is 5.26 Å². The van der Waals surface area contributed by atoms with Crippen LogP contribution in [-0.2, 0) is 4.74 Å². The van der Waals surface area contributed by atoms with Crippen molar-refractivity contribution in [2.75, 3.05) is 26.2 Å². The number of hydrogen-bond donors (Lipinski definition) is 0. The number of likely N-dealkylation sites (N-methyl/N-ethyl adjacent to an activating group) is 1. The maximum absolute atomic E-state index is 11.8. The average Bonchev–Trinajstić information content (AvgIpc) is 2.20. The zero-order valence-electron chi connectivity index (χ0n) is 12.0. The Labute approximate surface area is 109 Å². The minimum atomic E-state index is -0.527. The number of carbonyl (C=O) groups is 1. The molecule has 0 aromatic carbocycles. The van der Waals surface area contributed by atoms with E-state index in [0.29, 0.717) is 13.1 Å². The number of nitrogens with zero attached hydrogens (tertiary/aromatic N) is 3. The van der Waals surface area contributed by atoms with Crippen molar-refractivity contribution in [1.82, 2.24) is 9.80 Å². The monoisotopic (exact) mass is 253 g/mol. The van der Waals surface area contributed by atoms with Crippen LogP contribution < -0.4 is 0 Å². The summed E-state index contributed by atoms with van der Waals surface area (Å²) in [5, 5.41) is 9.33. The fraction of sp³-hybridized carbons (Fsp3) is 0.846. The van der Waals surface area contributed by atoms with E-state index in [1.807, 2.05) is 34.6 Å². The number of hydrogen-bond acceptors (Lipinski definition) is 4. The molecule has 18 heavy (non-hydrogen) atoms. The Morgan fingerprint density at radius 1 is 1.39 bits per heavy atom. The van der Waals surface area contributed by atoms with Crippen LogP contribution in [-0.4, -0.2) is 53.2 Å². The van der Waals surface area contributed by atoms with Gasteiger partial charge in [-0.15, -0.1) is 0 Å².